The van der Waals surface area contributed by atoms with Crippen LogP contribution in [0.2, 0.25) is 0 Å². The van der Waals surface area contributed by atoms with Crippen molar-refractivity contribution in [2.75, 3.05) is 0 Å². The van der Waals surface area contributed by atoms with Crippen LogP contribution in [-0.2, 0) is 0 Å². The molecule has 12 heteroatoms. The van der Waals surface area contributed by atoms with Crippen LogP contribution < -0.4 is 0 Å². The Morgan fingerprint density at radius 1 is 0.109 bits per heavy atom. The van der Waals surface area contributed by atoms with E-state index in [1.165, 1.54) is 157 Å². The summed E-state index contributed by atoms with van der Waals surface area (Å²) in [6, 6.07) is 179. The summed E-state index contributed by atoms with van der Waals surface area (Å²) in [6.45, 7) is 0. The molecule has 0 bridgehead atoms. The summed E-state index contributed by atoms with van der Waals surface area (Å²) in [5.41, 5.74) is 21.6. The third kappa shape index (κ3) is 16.7. The summed E-state index contributed by atoms with van der Waals surface area (Å²) in [7, 11) is 0. The number of fused-ring (bicyclic) bond motifs is 16. The zero-order valence-electron chi connectivity index (χ0n) is 79.2. The molecule has 0 unspecified atom stereocenters. The van der Waals surface area contributed by atoms with E-state index in [0.717, 1.165) is 71.6 Å². The SMILES string of the molecule is c1ccc(-c2nc(-c3ccccc3)nc(-c3ccc4cc(-c5cccc6c5[se]c5c(-c7ccccc7)cccc56)c5ccccc5c4c3)n2)cc1.c1ccc(-c2nc(-c3ccccc3)nc(-c3ccc4ccc(-c5cccc6c5[se]c5c(-c7ccccc7)cccc56)cc4c3)n2)cc1.c1ccc2cc(-c3nc(-c4ccc5ccccc5c4)nc(-c4ccc(-c5cccc6c5[se]c5ccccc56)c5ccccc45)n3)ccc2c1. The third-order valence-corrected chi connectivity index (χ3v) is 35.9. The molecule has 0 radical (unpaired) electrons. The van der Waals surface area contributed by atoms with E-state index in [9.17, 15) is 0 Å². The van der Waals surface area contributed by atoms with Gasteiger partial charge >= 0.3 is 716 Å². The van der Waals surface area contributed by atoms with E-state index >= 15 is 0 Å². The number of hydrogen-bond acceptors (Lipinski definition) is 9. The predicted octanol–water partition coefficient (Wildman–Crippen LogP) is 34.0. The minimum Gasteiger partial charge on any atom is -0.0544 e. The average molecular weight is 2070 g/mol. The molecule has 9 nitrogen and oxygen atoms in total. The van der Waals surface area contributed by atoms with Gasteiger partial charge < -0.3 is 0 Å². The van der Waals surface area contributed by atoms with Crippen LogP contribution in [-0.4, -0.2) is 88.4 Å². The summed E-state index contributed by atoms with van der Waals surface area (Å²) in [4.78, 5) is 45.2. The molecule has 0 aliphatic heterocycles. The van der Waals surface area contributed by atoms with E-state index in [1.807, 2.05) is 121 Å². The molecule has 0 saturated heterocycles. The van der Waals surface area contributed by atoms with Crippen LogP contribution in [0.3, 0.4) is 0 Å². The number of nitrogens with zero attached hydrogens (tertiary/aromatic N) is 9. The van der Waals surface area contributed by atoms with Gasteiger partial charge in [-0.05, 0) is 10.8 Å². The third-order valence-electron chi connectivity index (χ3n) is 27.9. The number of hydrogen-bond donors (Lipinski definition) is 0. The minimum absolute atomic E-state index is 0.166. The average Bonchev–Trinajstić information content (AvgIpc) is 1.73. The van der Waals surface area contributed by atoms with Crippen molar-refractivity contribution in [3.63, 3.8) is 0 Å². The zero-order chi connectivity index (χ0) is 97.2. The molecule has 6 heterocycles. The Morgan fingerprint density at radius 3 is 0.810 bits per heavy atom. The normalized spacial score (nSPS) is 11.5. The second-order valence-corrected chi connectivity index (χ2v) is 43.3. The van der Waals surface area contributed by atoms with E-state index in [2.05, 4.69) is 382 Å². The smallest absolute Gasteiger partial charge is 0.0544 e. The Kier molecular flexibility index (Phi) is 22.9. The molecule has 29 aromatic rings. The first-order valence-corrected chi connectivity index (χ1v) is 54.4. The first-order valence-electron chi connectivity index (χ1n) is 49.2. The molecular weight excluding hydrogens is 1980 g/mol. The first kappa shape index (κ1) is 88.2. The van der Waals surface area contributed by atoms with Crippen molar-refractivity contribution in [1.82, 2.24) is 44.9 Å². The summed E-state index contributed by atoms with van der Waals surface area (Å²) in [5, 5.41) is 22.4. The van der Waals surface area contributed by atoms with Crippen molar-refractivity contribution in [3.8, 4) is 158 Å². The molecule has 0 fully saturated rings. The fraction of sp³-hybridized carbons (Fsp3) is 0. The van der Waals surface area contributed by atoms with Crippen molar-refractivity contribution in [1.29, 1.82) is 0 Å². The minimum atomic E-state index is 0.166. The van der Waals surface area contributed by atoms with Crippen LogP contribution in [0.4, 0.5) is 0 Å². The van der Waals surface area contributed by atoms with Crippen molar-refractivity contribution < 1.29 is 0 Å². The molecular formula is C135H83N9Se3. The van der Waals surface area contributed by atoms with Crippen molar-refractivity contribution in [2.45, 2.75) is 0 Å². The van der Waals surface area contributed by atoms with E-state index in [0.29, 0.717) is 52.4 Å². The van der Waals surface area contributed by atoms with E-state index in [-0.39, 0.29) is 43.5 Å². The van der Waals surface area contributed by atoms with Crippen LogP contribution in [0.25, 0.3) is 281 Å². The van der Waals surface area contributed by atoms with Gasteiger partial charge in [-0.2, -0.15) is 0 Å². The Bertz CT molecular complexity index is 9990. The topological polar surface area (TPSA) is 116 Å². The van der Waals surface area contributed by atoms with Gasteiger partial charge in [-0.25, -0.2) is 0 Å². The molecule has 0 amide bonds. The second-order valence-electron chi connectivity index (χ2n) is 36.8. The van der Waals surface area contributed by atoms with Crippen LogP contribution in [0.1, 0.15) is 0 Å². The van der Waals surface area contributed by atoms with E-state index in [1.54, 1.807) is 0 Å². The van der Waals surface area contributed by atoms with Gasteiger partial charge in [0, 0.05) is 0 Å². The monoisotopic (exact) mass is 2070 g/mol. The molecule has 23 aromatic carbocycles. The van der Waals surface area contributed by atoms with Crippen LogP contribution in [0.15, 0.2) is 504 Å². The van der Waals surface area contributed by atoms with Gasteiger partial charge in [0.05, 0.1) is 0 Å². The second kappa shape index (κ2) is 38.1. The van der Waals surface area contributed by atoms with Gasteiger partial charge in [-0.3, -0.25) is 0 Å². The molecule has 0 saturated carbocycles. The molecule has 0 aliphatic rings. The van der Waals surface area contributed by atoms with Gasteiger partial charge in [-0.15, -0.1) is 0 Å². The molecule has 686 valence electrons. The summed E-state index contributed by atoms with van der Waals surface area (Å²) in [5.74, 6) is 5.97. The summed E-state index contributed by atoms with van der Waals surface area (Å²) in [6.07, 6.45) is 0. The Hall–Kier alpha value is -17.8. The molecule has 29 rings (SSSR count). The Morgan fingerprint density at radius 2 is 0.374 bits per heavy atom. The molecule has 0 aliphatic carbocycles. The molecule has 0 spiro atoms. The first-order chi connectivity index (χ1) is 72.8. The number of rotatable bonds is 14. The van der Waals surface area contributed by atoms with E-state index < -0.39 is 0 Å². The van der Waals surface area contributed by atoms with Gasteiger partial charge in [0.1, 0.15) is 0 Å². The maximum absolute atomic E-state index is 5.19. The molecule has 147 heavy (non-hydrogen) atoms. The zero-order valence-corrected chi connectivity index (χ0v) is 84.3. The Labute approximate surface area is 865 Å². The van der Waals surface area contributed by atoms with E-state index in [4.69, 9.17) is 44.9 Å². The van der Waals surface area contributed by atoms with Gasteiger partial charge in [0.2, 0.25) is 0 Å². The van der Waals surface area contributed by atoms with Crippen molar-refractivity contribution in [3.05, 3.63) is 504 Å². The van der Waals surface area contributed by atoms with Gasteiger partial charge in [-0.1, -0.05) is 146 Å². The van der Waals surface area contributed by atoms with Gasteiger partial charge in [0.25, 0.3) is 0 Å². The van der Waals surface area contributed by atoms with Crippen LogP contribution >= 0.6 is 0 Å². The fourth-order valence-electron chi connectivity index (χ4n) is 20.8. The number of aromatic nitrogens is 9. The standard InChI is InChI=1S/C47H29N3Se.C45H27N3Se.C43H27N3Se/c1-4-14-30(15-5-1)35-22-12-23-38-39-24-13-25-40(44(39)51-43(35)38)42-28-33-26-27-34(29-41(33)36-20-10-11-21-37(36)42)47-49-45(31-16-6-2-7-17-31)48-46(50-47)32-18-8-3-9-19-32;1-3-12-30-26-32(22-20-28(30)10-1)43-46-44(33-23-21-29-11-2-4-13-31(29)27-33)48-45(47-43)40-25-24-36(34-14-5-6-15-35(34)40)38-17-9-18-39-37-16-7-8-19-41(37)49-42(38)39;1-4-12-29(13-5-1)35-18-10-20-37-38-21-11-19-36(40(38)47-39(35)37)32-24-22-28-23-25-33(27-34(28)26-32)43-45-41(30-14-6-2-7-15-30)44-42(46-43)31-16-8-3-9-17-31/h1-29H;1-27H;1-27H. The summed E-state index contributed by atoms with van der Waals surface area (Å²) < 4.78 is 8.74. The molecule has 0 N–H and O–H groups in total. The molecule has 6 aromatic heterocycles. The molecule has 0 atom stereocenters. The fourth-order valence-corrected chi connectivity index (χ4v) is 29.1. The summed E-state index contributed by atoms with van der Waals surface area (Å²) >= 11 is 0.607. The van der Waals surface area contributed by atoms with Crippen LogP contribution in [0.5, 0.6) is 0 Å². The number of benzene rings is 23. The maximum atomic E-state index is 5.19. The predicted molar refractivity (Wildman–Crippen MR) is 616 cm³/mol. The Balaban J connectivity index is 0.000000109. The van der Waals surface area contributed by atoms with Gasteiger partial charge in [0.15, 0.2) is 0 Å². The quantitative estimate of drug-likeness (QED) is 0.0775. The van der Waals surface area contributed by atoms with Crippen LogP contribution in [0, 0.1) is 0 Å². The van der Waals surface area contributed by atoms with Crippen molar-refractivity contribution in [2.24, 2.45) is 0 Å². The van der Waals surface area contributed by atoms with Crippen molar-refractivity contribution >= 4 is 166 Å².